The minimum atomic E-state index is 0.777. The first kappa shape index (κ1) is 13.3. The summed E-state index contributed by atoms with van der Waals surface area (Å²) in [5.74, 6) is 2.95. The molecule has 3 heteroatoms. The molecular formula is C12H26N2S. The molecule has 0 aromatic rings. The summed E-state index contributed by atoms with van der Waals surface area (Å²) >= 11 is 1.95. The van der Waals surface area contributed by atoms with Gasteiger partial charge in [-0.2, -0.15) is 11.8 Å². The smallest absolute Gasteiger partial charge is 0.00724 e. The Bertz CT molecular complexity index is 162. The van der Waals surface area contributed by atoms with E-state index in [4.69, 9.17) is 0 Å². The van der Waals surface area contributed by atoms with E-state index in [0.717, 1.165) is 11.8 Å². The third kappa shape index (κ3) is 5.79. The standard InChI is InChI=1S/C12H26N2S/c1-11(2)8-13-9-12-4-5-14(10-12)6-7-15-3/h11-13H,4-10H2,1-3H3. The number of hydrogen-bond donors (Lipinski definition) is 1. The maximum atomic E-state index is 3.57. The Hall–Kier alpha value is 0.270. The zero-order valence-corrected chi connectivity index (χ0v) is 11.3. The summed E-state index contributed by atoms with van der Waals surface area (Å²) in [6.07, 6.45) is 3.58. The van der Waals surface area contributed by atoms with Crippen molar-refractivity contribution in [1.82, 2.24) is 10.2 Å². The van der Waals surface area contributed by atoms with Crippen LogP contribution in [-0.2, 0) is 0 Å². The summed E-state index contributed by atoms with van der Waals surface area (Å²) in [5, 5.41) is 3.57. The first-order valence-electron chi connectivity index (χ1n) is 6.14. The molecule has 0 spiro atoms. The Labute approximate surface area is 99.2 Å². The Morgan fingerprint density at radius 2 is 2.27 bits per heavy atom. The Morgan fingerprint density at radius 3 is 2.93 bits per heavy atom. The quantitative estimate of drug-likeness (QED) is 0.719. The summed E-state index contributed by atoms with van der Waals surface area (Å²) in [7, 11) is 0. The van der Waals surface area contributed by atoms with Crippen LogP contribution < -0.4 is 5.32 Å². The topological polar surface area (TPSA) is 15.3 Å². The van der Waals surface area contributed by atoms with Gasteiger partial charge < -0.3 is 10.2 Å². The molecule has 1 atom stereocenters. The van der Waals surface area contributed by atoms with Crippen molar-refractivity contribution in [2.24, 2.45) is 11.8 Å². The van der Waals surface area contributed by atoms with Crippen molar-refractivity contribution >= 4 is 11.8 Å². The molecule has 15 heavy (non-hydrogen) atoms. The maximum Gasteiger partial charge on any atom is 0.00724 e. The molecule has 90 valence electrons. The lowest BCUT2D eigenvalue weighted by molar-refractivity contribution is 0.340. The van der Waals surface area contributed by atoms with E-state index in [0.29, 0.717) is 0 Å². The third-order valence-corrected chi connectivity index (χ3v) is 3.56. The van der Waals surface area contributed by atoms with Crippen molar-refractivity contribution in [1.29, 1.82) is 0 Å². The minimum absolute atomic E-state index is 0.777. The summed E-state index contributed by atoms with van der Waals surface area (Å²) in [6.45, 7) is 10.8. The number of thioether (sulfide) groups is 1. The summed E-state index contributed by atoms with van der Waals surface area (Å²) < 4.78 is 0. The van der Waals surface area contributed by atoms with Crippen molar-refractivity contribution in [3.63, 3.8) is 0 Å². The number of rotatable bonds is 7. The van der Waals surface area contributed by atoms with Gasteiger partial charge >= 0.3 is 0 Å². The zero-order chi connectivity index (χ0) is 11.1. The Kier molecular flexibility index (Phi) is 6.69. The largest absolute Gasteiger partial charge is 0.316 e. The minimum Gasteiger partial charge on any atom is -0.316 e. The monoisotopic (exact) mass is 230 g/mol. The molecule has 2 nitrogen and oxygen atoms in total. The average molecular weight is 230 g/mol. The van der Waals surface area contributed by atoms with Crippen LogP contribution in [0.25, 0.3) is 0 Å². The van der Waals surface area contributed by atoms with E-state index in [2.05, 4.69) is 30.3 Å². The molecule has 0 aromatic carbocycles. The van der Waals surface area contributed by atoms with E-state index in [9.17, 15) is 0 Å². The molecule has 0 bridgehead atoms. The van der Waals surface area contributed by atoms with Gasteiger partial charge in [0.25, 0.3) is 0 Å². The van der Waals surface area contributed by atoms with E-state index >= 15 is 0 Å². The molecule has 1 N–H and O–H groups in total. The van der Waals surface area contributed by atoms with Crippen LogP contribution in [0.3, 0.4) is 0 Å². The van der Waals surface area contributed by atoms with Gasteiger partial charge in [-0.25, -0.2) is 0 Å². The van der Waals surface area contributed by atoms with Crippen molar-refractivity contribution in [3.05, 3.63) is 0 Å². The van der Waals surface area contributed by atoms with E-state index in [-0.39, 0.29) is 0 Å². The lowest BCUT2D eigenvalue weighted by Crippen LogP contribution is -2.29. The van der Waals surface area contributed by atoms with Crippen LogP contribution >= 0.6 is 11.8 Å². The fourth-order valence-electron chi connectivity index (χ4n) is 2.08. The van der Waals surface area contributed by atoms with Crippen LogP contribution in [0.1, 0.15) is 20.3 Å². The van der Waals surface area contributed by atoms with Gasteiger partial charge in [-0.15, -0.1) is 0 Å². The average Bonchev–Trinajstić information content (AvgIpc) is 2.62. The van der Waals surface area contributed by atoms with Gasteiger partial charge in [0.05, 0.1) is 0 Å². The molecule has 0 saturated carbocycles. The van der Waals surface area contributed by atoms with Crippen molar-refractivity contribution in [2.45, 2.75) is 20.3 Å². The molecule has 1 rings (SSSR count). The molecule has 0 radical (unpaired) electrons. The lowest BCUT2D eigenvalue weighted by Gasteiger charge is -2.16. The third-order valence-electron chi connectivity index (χ3n) is 2.97. The Morgan fingerprint density at radius 1 is 1.47 bits per heavy atom. The van der Waals surface area contributed by atoms with Crippen LogP contribution in [0.4, 0.5) is 0 Å². The van der Waals surface area contributed by atoms with E-state index in [1.165, 1.54) is 44.9 Å². The molecule has 1 aliphatic heterocycles. The summed E-state index contributed by atoms with van der Waals surface area (Å²) in [5.41, 5.74) is 0. The summed E-state index contributed by atoms with van der Waals surface area (Å²) in [4.78, 5) is 2.61. The van der Waals surface area contributed by atoms with Crippen LogP contribution in [0.15, 0.2) is 0 Å². The van der Waals surface area contributed by atoms with Gasteiger partial charge in [0.1, 0.15) is 0 Å². The molecule has 1 fully saturated rings. The number of nitrogens with one attached hydrogen (secondary N) is 1. The SMILES string of the molecule is CSCCN1CCC(CNCC(C)C)C1. The highest BCUT2D eigenvalue weighted by Crippen LogP contribution is 2.15. The molecule has 0 aromatic heterocycles. The zero-order valence-electron chi connectivity index (χ0n) is 10.5. The van der Waals surface area contributed by atoms with Crippen molar-refractivity contribution in [3.8, 4) is 0 Å². The van der Waals surface area contributed by atoms with Crippen LogP contribution in [0.2, 0.25) is 0 Å². The molecule has 0 amide bonds. The molecule has 1 unspecified atom stereocenters. The first-order valence-corrected chi connectivity index (χ1v) is 7.53. The van der Waals surface area contributed by atoms with E-state index in [1.807, 2.05) is 11.8 Å². The van der Waals surface area contributed by atoms with Crippen molar-refractivity contribution < 1.29 is 0 Å². The second kappa shape index (κ2) is 7.53. The van der Waals surface area contributed by atoms with E-state index < -0.39 is 0 Å². The van der Waals surface area contributed by atoms with Crippen LogP contribution in [-0.4, -0.2) is 49.6 Å². The predicted octanol–water partition coefficient (Wildman–Crippen LogP) is 1.92. The Balaban J connectivity index is 2.03. The number of likely N-dealkylation sites (tertiary alicyclic amines) is 1. The number of hydrogen-bond acceptors (Lipinski definition) is 3. The van der Waals surface area contributed by atoms with Gasteiger partial charge in [0.15, 0.2) is 0 Å². The second-order valence-electron chi connectivity index (χ2n) is 5.00. The fraction of sp³-hybridized carbons (Fsp3) is 1.00. The lowest BCUT2D eigenvalue weighted by atomic mass is 10.1. The van der Waals surface area contributed by atoms with Gasteiger partial charge in [0, 0.05) is 18.8 Å². The molecular weight excluding hydrogens is 204 g/mol. The second-order valence-corrected chi connectivity index (χ2v) is 5.99. The summed E-state index contributed by atoms with van der Waals surface area (Å²) in [6, 6.07) is 0. The molecule has 1 heterocycles. The van der Waals surface area contributed by atoms with Crippen LogP contribution in [0.5, 0.6) is 0 Å². The first-order chi connectivity index (χ1) is 7.22. The normalized spacial score (nSPS) is 22.8. The predicted molar refractivity (Wildman–Crippen MR) is 70.6 cm³/mol. The number of nitrogens with zero attached hydrogens (tertiary/aromatic N) is 1. The van der Waals surface area contributed by atoms with Gasteiger partial charge in [0.2, 0.25) is 0 Å². The molecule has 1 aliphatic rings. The van der Waals surface area contributed by atoms with Gasteiger partial charge in [-0.3, -0.25) is 0 Å². The van der Waals surface area contributed by atoms with Crippen LogP contribution in [0, 0.1) is 11.8 Å². The highest BCUT2D eigenvalue weighted by molar-refractivity contribution is 7.98. The van der Waals surface area contributed by atoms with Gasteiger partial charge in [-0.05, 0) is 44.1 Å². The molecule has 1 saturated heterocycles. The van der Waals surface area contributed by atoms with E-state index in [1.54, 1.807) is 0 Å². The molecule has 0 aliphatic carbocycles. The van der Waals surface area contributed by atoms with Gasteiger partial charge in [-0.1, -0.05) is 13.8 Å². The van der Waals surface area contributed by atoms with Crippen molar-refractivity contribution in [2.75, 3.05) is 44.7 Å². The fourth-order valence-corrected chi connectivity index (χ4v) is 2.52. The highest BCUT2D eigenvalue weighted by atomic mass is 32.2. The highest BCUT2D eigenvalue weighted by Gasteiger charge is 2.21. The maximum absolute atomic E-state index is 3.57.